The van der Waals surface area contributed by atoms with E-state index >= 15 is 0 Å². The molecule has 0 unspecified atom stereocenters. The molecule has 0 aromatic heterocycles. The standard InChI is InChI=1S/C24H20N2O2/c27-23(17-11-19-7-3-1-4-8-19)25-21-13-15-22(16-14-21)26-24(28)18-12-20-9-5-2-6-10-20/h1-18H,(H,25,27)(H,26,28)/b17-11+,18-12+. The third kappa shape index (κ3) is 6.11. The van der Waals surface area contributed by atoms with Gasteiger partial charge in [-0.25, -0.2) is 0 Å². The molecule has 2 amide bonds. The molecule has 0 atom stereocenters. The van der Waals surface area contributed by atoms with Gasteiger partial charge in [-0.1, -0.05) is 60.7 Å². The van der Waals surface area contributed by atoms with Crippen molar-refractivity contribution >= 4 is 35.3 Å². The first-order valence-corrected chi connectivity index (χ1v) is 8.87. The minimum atomic E-state index is -0.216. The summed E-state index contributed by atoms with van der Waals surface area (Å²) in [6.07, 6.45) is 6.48. The Kier molecular flexibility index (Phi) is 6.53. The van der Waals surface area contributed by atoms with Gasteiger partial charge in [0.2, 0.25) is 11.8 Å². The van der Waals surface area contributed by atoms with Gasteiger partial charge in [0, 0.05) is 23.5 Å². The highest BCUT2D eigenvalue weighted by Crippen LogP contribution is 2.14. The molecule has 0 bridgehead atoms. The molecule has 0 heterocycles. The predicted octanol–water partition coefficient (Wildman–Crippen LogP) is 4.99. The summed E-state index contributed by atoms with van der Waals surface area (Å²) in [5.41, 5.74) is 3.22. The Hall–Kier alpha value is -3.92. The van der Waals surface area contributed by atoms with E-state index in [0.29, 0.717) is 11.4 Å². The fourth-order valence-corrected chi connectivity index (χ4v) is 2.48. The smallest absolute Gasteiger partial charge is 0.248 e. The quantitative estimate of drug-likeness (QED) is 0.602. The van der Waals surface area contributed by atoms with Gasteiger partial charge in [0.1, 0.15) is 0 Å². The van der Waals surface area contributed by atoms with E-state index < -0.39 is 0 Å². The van der Waals surface area contributed by atoms with Crippen LogP contribution in [-0.2, 0) is 9.59 Å². The molecule has 0 saturated heterocycles. The minimum Gasteiger partial charge on any atom is -0.323 e. The van der Waals surface area contributed by atoms with E-state index in [2.05, 4.69) is 10.6 Å². The summed E-state index contributed by atoms with van der Waals surface area (Å²) in [7, 11) is 0. The van der Waals surface area contributed by atoms with Gasteiger partial charge in [-0.15, -0.1) is 0 Å². The molecule has 28 heavy (non-hydrogen) atoms. The maximum Gasteiger partial charge on any atom is 0.248 e. The van der Waals surface area contributed by atoms with Gasteiger partial charge in [-0.3, -0.25) is 9.59 Å². The summed E-state index contributed by atoms with van der Waals surface area (Å²) in [6.45, 7) is 0. The van der Waals surface area contributed by atoms with Crippen LogP contribution in [0.2, 0.25) is 0 Å². The van der Waals surface area contributed by atoms with Crippen LogP contribution < -0.4 is 10.6 Å². The molecular weight excluding hydrogens is 348 g/mol. The van der Waals surface area contributed by atoms with Crippen LogP contribution in [0.5, 0.6) is 0 Å². The molecular formula is C24H20N2O2. The van der Waals surface area contributed by atoms with Crippen LogP contribution in [0.3, 0.4) is 0 Å². The molecule has 0 radical (unpaired) electrons. The molecule has 2 N–H and O–H groups in total. The first kappa shape index (κ1) is 18.9. The van der Waals surface area contributed by atoms with Crippen molar-refractivity contribution in [2.75, 3.05) is 10.6 Å². The fourth-order valence-electron chi connectivity index (χ4n) is 2.48. The largest absolute Gasteiger partial charge is 0.323 e. The zero-order chi connectivity index (χ0) is 19.6. The lowest BCUT2D eigenvalue weighted by atomic mass is 10.2. The molecule has 4 nitrogen and oxygen atoms in total. The van der Waals surface area contributed by atoms with Crippen LogP contribution in [-0.4, -0.2) is 11.8 Å². The van der Waals surface area contributed by atoms with Crippen molar-refractivity contribution in [2.45, 2.75) is 0 Å². The Bertz CT molecular complexity index is 894. The molecule has 3 rings (SSSR count). The summed E-state index contributed by atoms with van der Waals surface area (Å²) < 4.78 is 0. The normalized spacial score (nSPS) is 10.9. The molecule has 3 aromatic rings. The van der Waals surface area contributed by atoms with Crippen molar-refractivity contribution < 1.29 is 9.59 Å². The van der Waals surface area contributed by atoms with Crippen molar-refractivity contribution in [1.29, 1.82) is 0 Å². The average molecular weight is 368 g/mol. The second kappa shape index (κ2) is 9.69. The zero-order valence-electron chi connectivity index (χ0n) is 15.2. The minimum absolute atomic E-state index is 0.216. The third-order valence-electron chi connectivity index (χ3n) is 3.87. The fraction of sp³-hybridized carbons (Fsp3) is 0. The summed E-state index contributed by atoms with van der Waals surface area (Å²) in [4.78, 5) is 24.0. The zero-order valence-corrected chi connectivity index (χ0v) is 15.2. The summed E-state index contributed by atoms with van der Waals surface area (Å²) >= 11 is 0. The predicted molar refractivity (Wildman–Crippen MR) is 115 cm³/mol. The Morgan fingerprint density at radius 3 is 1.25 bits per heavy atom. The first-order valence-electron chi connectivity index (χ1n) is 8.87. The highest BCUT2D eigenvalue weighted by molar-refractivity contribution is 6.03. The van der Waals surface area contributed by atoms with Crippen LogP contribution in [0.4, 0.5) is 11.4 Å². The monoisotopic (exact) mass is 368 g/mol. The molecule has 0 spiro atoms. The lowest BCUT2D eigenvalue weighted by Crippen LogP contribution is -2.09. The summed E-state index contributed by atoms with van der Waals surface area (Å²) in [5.74, 6) is -0.433. The van der Waals surface area contributed by atoms with Crippen molar-refractivity contribution in [1.82, 2.24) is 0 Å². The topological polar surface area (TPSA) is 58.2 Å². The number of carbonyl (C=O) groups excluding carboxylic acids is 2. The van der Waals surface area contributed by atoms with Gasteiger partial charge >= 0.3 is 0 Å². The van der Waals surface area contributed by atoms with Crippen LogP contribution >= 0.6 is 0 Å². The van der Waals surface area contributed by atoms with Crippen LogP contribution in [0.15, 0.2) is 97.1 Å². The average Bonchev–Trinajstić information content (AvgIpc) is 2.74. The number of hydrogen-bond acceptors (Lipinski definition) is 2. The van der Waals surface area contributed by atoms with Gasteiger partial charge in [-0.2, -0.15) is 0 Å². The Morgan fingerprint density at radius 1 is 0.536 bits per heavy atom. The Balaban J connectivity index is 1.51. The number of benzene rings is 3. The van der Waals surface area contributed by atoms with Crippen molar-refractivity contribution in [3.8, 4) is 0 Å². The molecule has 138 valence electrons. The van der Waals surface area contributed by atoms with Crippen molar-refractivity contribution in [3.05, 3.63) is 108 Å². The SMILES string of the molecule is O=C(/C=C/c1ccccc1)Nc1ccc(NC(=O)/C=C/c2ccccc2)cc1. The Morgan fingerprint density at radius 2 is 0.893 bits per heavy atom. The first-order chi connectivity index (χ1) is 13.7. The second-order valence-corrected chi connectivity index (χ2v) is 6.04. The number of nitrogens with one attached hydrogen (secondary N) is 2. The molecule has 0 saturated carbocycles. The number of hydrogen-bond donors (Lipinski definition) is 2. The number of rotatable bonds is 6. The van der Waals surface area contributed by atoms with Crippen LogP contribution in [0.1, 0.15) is 11.1 Å². The summed E-state index contributed by atoms with van der Waals surface area (Å²) in [6, 6.07) is 26.2. The summed E-state index contributed by atoms with van der Waals surface area (Å²) in [5, 5.41) is 5.57. The lowest BCUT2D eigenvalue weighted by molar-refractivity contribution is -0.112. The molecule has 0 fully saturated rings. The Labute approximate surface area is 164 Å². The van der Waals surface area contributed by atoms with Gasteiger partial charge in [0.05, 0.1) is 0 Å². The number of carbonyl (C=O) groups is 2. The molecule has 4 heteroatoms. The number of anilines is 2. The third-order valence-corrected chi connectivity index (χ3v) is 3.87. The lowest BCUT2D eigenvalue weighted by Gasteiger charge is -2.05. The van der Waals surface area contributed by atoms with E-state index in [0.717, 1.165) is 11.1 Å². The van der Waals surface area contributed by atoms with Crippen molar-refractivity contribution in [3.63, 3.8) is 0 Å². The van der Waals surface area contributed by atoms with E-state index in [1.165, 1.54) is 12.2 Å². The van der Waals surface area contributed by atoms with E-state index in [4.69, 9.17) is 0 Å². The highest BCUT2D eigenvalue weighted by Gasteiger charge is 2.01. The van der Waals surface area contributed by atoms with Gasteiger partial charge in [0.25, 0.3) is 0 Å². The van der Waals surface area contributed by atoms with Gasteiger partial charge in [-0.05, 0) is 47.5 Å². The highest BCUT2D eigenvalue weighted by atomic mass is 16.2. The van der Waals surface area contributed by atoms with E-state index in [9.17, 15) is 9.59 Å². The van der Waals surface area contributed by atoms with E-state index in [1.54, 1.807) is 36.4 Å². The molecule has 0 aliphatic rings. The van der Waals surface area contributed by atoms with Crippen LogP contribution in [0.25, 0.3) is 12.2 Å². The van der Waals surface area contributed by atoms with Crippen LogP contribution in [0, 0.1) is 0 Å². The van der Waals surface area contributed by atoms with Crippen molar-refractivity contribution in [2.24, 2.45) is 0 Å². The molecule has 0 aliphatic heterocycles. The van der Waals surface area contributed by atoms with Gasteiger partial charge in [0.15, 0.2) is 0 Å². The van der Waals surface area contributed by atoms with E-state index in [-0.39, 0.29) is 11.8 Å². The number of amides is 2. The van der Waals surface area contributed by atoms with E-state index in [1.807, 2.05) is 60.7 Å². The molecule has 3 aromatic carbocycles. The second-order valence-electron chi connectivity index (χ2n) is 6.04. The maximum absolute atomic E-state index is 12.0. The van der Waals surface area contributed by atoms with Gasteiger partial charge < -0.3 is 10.6 Å². The molecule has 0 aliphatic carbocycles. The maximum atomic E-state index is 12.0.